The molecule has 0 aliphatic carbocycles. The Morgan fingerprint density at radius 1 is 1.12 bits per heavy atom. The third-order valence-electron chi connectivity index (χ3n) is 5.26. The highest BCUT2D eigenvalue weighted by molar-refractivity contribution is 6.06. The average Bonchev–Trinajstić information content (AvgIpc) is 2.83. The molecule has 0 saturated heterocycles. The summed E-state index contributed by atoms with van der Waals surface area (Å²) < 4.78 is 9.88. The second-order valence-electron chi connectivity index (χ2n) is 7.06. The van der Waals surface area contributed by atoms with E-state index in [1.165, 1.54) is 18.2 Å². The van der Waals surface area contributed by atoms with Crippen LogP contribution in [0.4, 0.5) is 11.4 Å². The predicted molar refractivity (Wildman–Crippen MR) is 117 cm³/mol. The number of nitro groups is 1. The highest BCUT2D eigenvalue weighted by Gasteiger charge is 2.43. The van der Waals surface area contributed by atoms with Gasteiger partial charge in [-0.25, -0.2) is 9.59 Å². The first-order valence-electron chi connectivity index (χ1n) is 9.67. The third-order valence-corrected chi connectivity index (χ3v) is 5.26. The van der Waals surface area contributed by atoms with Crippen molar-refractivity contribution in [1.29, 1.82) is 5.26 Å². The molecule has 0 fully saturated rings. The van der Waals surface area contributed by atoms with Crippen LogP contribution in [0.15, 0.2) is 71.2 Å². The van der Waals surface area contributed by atoms with Crippen molar-refractivity contribution in [3.8, 4) is 6.07 Å². The van der Waals surface area contributed by atoms with Gasteiger partial charge in [-0.3, -0.25) is 15.0 Å². The monoisotopic (exact) mass is 448 g/mol. The van der Waals surface area contributed by atoms with E-state index in [9.17, 15) is 25.0 Å². The lowest BCUT2D eigenvalue weighted by Crippen LogP contribution is -2.40. The number of nitrogens with two attached hydrogens (primary N) is 1. The molecule has 3 rings (SSSR count). The van der Waals surface area contributed by atoms with Crippen LogP contribution in [0.2, 0.25) is 0 Å². The molecule has 10 nitrogen and oxygen atoms in total. The number of carbonyl (C=O) groups excluding carboxylic acids is 2. The second kappa shape index (κ2) is 9.23. The van der Waals surface area contributed by atoms with E-state index in [0.29, 0.717) is 11.1 Å². The number of allylic oxidation sites excluding steroid dienone is 1. The maximum absolute atomic E-state index is 13.0. The Kier molecular flexibility index (Phi) is 6.44. The first kappa shape index (κ1) is 23.0. The lowest BCUT2D eigenvalue weighted by molar-refractivity contribution is -0.385. The highest BCUT2D eigenvalue weighted by atomic mass is 16.6. The van der Waals surface area contributed by atoms with Crippen LogP contribution in [0, 0.1) is 28.4 Å². The molecule has 2 N–H and O–H groups in total. The van der Waals surface area contributed by atoms with E-state index in [1.54, 1.807) is 37.3 Å². The molecule has 0 aromatic heterocycles. The average molecular weight is 448 g/mol. The minimum absolute atomic E-state index is 0.0301. The van der Waals surface area contributed by atoms with Crippen LogP contribution in [0.25, 0.3) is 0 Å². The number of nitriles is 1. The van der Waals surface area contributed by atoms with Gasteiger partial charge in [-0.05, 0) is 18.6 Å². The van der Waals surface area contributed by atoms with E-state index in [0.717, 1.165) is 19.1 Å². The first-order valence-corrected chi connectivity index (χ1v) is 9.67. The van der Waals surface area contributed by atoms with Crippen LogP contribution < -0.4 is 10.6 Å². The van der Waals surface area contributed by atoms with Crippen molar-refractivity contribution >= 4 is 23.3 Å². The zero-order chi connectivity index (χ0) is 24.3. The normalized spacial score (nSPS) is 15.7. The van der Waals surface area contributed by atoms with Crippen molar-refractivity contribution in [2.45, 2.75) is 12.8 Å². The third kappa shape index (κ3) is 3.99. The molecular weight excluding hydrogens is 428 g/mol. The maximum atomic E-state index is 13.0. The molecular formula is C23H20N4O6. The standard InChI is InChI=1S/C23H20N4O6/c1-13-9-10-15(11-17(13)27(30)31)26-20(23(29)33-3)19(22(28)32-2)18(16(12-24)21(26)25)14-7-5-4-6-8-14/h4-11,18H,25H2,1-3H3. The summed E-state index contributed by atoms with van der Waals surface area (Å²) in [6.45, 7) is 1.56. The van der Waals surface area contributed by atoms with Crippen LogP contribution in [0.1, 0.15) is 17.0 Å². The maximum Gasteiger partial charge on any atom is 0.355 e. The second-order valence-corrected chi connectivity index (χ2v) is 7.06. The number of methoxy groups -OCH3 is 2. The summed E-state index contributed by atoms with van der Waals surface area (Å²) in [4.78, 5) is 38.0. The van der Waals surface area contributed by atoms with Gasteiger partial charge in [-0.1, -0.05) is 36.4 Å². The van der Waals surface area contributed by atoms with E-state index in [1.807, 2.05) is 6.07 Å². The molecule has 0 saturated carbocycles. The fraction of sp³-hybridized carbons (Fsp3) is 0.174. The number of hydrogen-bond donors (Lipinski definition) is 1. The lowest BCUT2D eigenvalue weighted by Gasteiger charge is -2.35. The van der Waals surface area contributed by atoms with Crippen molar-refractivity contribution in [3.63, 3.8) is 0 Å². The smallest absolute Gasteiger partial charge is 0.355 e. The summed E-state index contributed by atoms with van der Waals surface area (Å²) in [5, 5.41) is 21.5. The fourth-order valence-corrected chi connectivity index (χ4v) is 3.72. The number of anilines is 1. The molecule has 1 unspecified atom stereocenters. The van der Waals surface area contributed by atoms with Crippen molar-refractivity contribution in [2.75, 3.05) is 19.1 Å². The Hall–Kier alpha value is -4.65. The highest BCUT2D eigenvalue weighted by Crippen LogP contribution is 2.43. The van der Waals surface area contributed by atoms with Crippen molar-refractivity contribution < 1.29 is 24.0 Å². The van der Waals surface area contributed by atoms with Gasteiger partial charge in [0.05, 0.1) is 48.0 Å². The number of hydrogen-bond acceptors (Lipinski definition) is 9. The SMILES string of the molecule is COC(=O)C1=C(C(=O)OC)N(c2ccc(C)c([N+](=O)[O-])c2)C(N)=C(C#N)C1c1ccccc1. The molecule has 0 bridgehead atoms. The van der Waals surface area contributed by atoms with Gasteiger partial charge in [-0.2, -0.15) is 5.26 Å². The van der Waals surface area contributed by atoms with Gasteiger partial charge in [0.1, 0.15) is 11.5 Å². The van der Waals surface area contributed by atoms with Gasteiger partial charge in [0.15, 0.2) is 0 Å². The van der Waals surface area contributed by atoms with Crippen LogP contribution in [-0.4, -0.2) is 31.1 Å². The molecule has 1 heterocycles. The Morgan fingerprint density at radius 3 is 2.30 bits per heavy atom. The number of esters is 2. The van der Waals surface area contributed by atoms with E-state index in [-0.39, 0.29) is 34.0 Å². The van der Waals surface area contributed by atoms with E-state index < -0.39 is 22.8 Å². The molecule has 2 aromatic rings. The predicted octanol–water partition coefficient (Wildman–Crippen LogP) is 2.80. The van der Waals surface area contributed by atoms with E-state index in [4.69, 9.17) is 15.2 Å². The molecule has 1 aliphatic heterocycles. The minimum atomic E-state index is -1.02. The number of benzene rings is 2. The zero-order valence-electron chi connectivity index (χ0n) is 18.1. The van der Waals surface area contributed by atoms with Crippen LogP contribution in [-0.2, 0) is 19.1 Å². The Balaban J connectivity index is 2.43. The minimum Gasteiger partial charge on any atom is -0.466 e. The molecule has 168 valence electrons. The number of nitro benzene ring substituents is 1. The molecule has 33 heavy (non-hydrogen) atoms. The van der Waals surface area contributed by atoms with Gasteiger partial charge in [-0.15, -0.1) is 0 Å². The summed E-state index contributed by atoms with van der Waals surface area (Å²) in [5.41, 5.74) is 6.63. The van der Waals surface area contributed by atoms with E-state index in [2.05, 4.69) is 0 Å². The largest absolute Gasteiger partial charge is 0.466 e. The lowest BCUT2D eigenvalue weighted by atomic mass is 9.81. The topological polar surface area (TPSA) is 149 Å². The Bertz CT molecular complexity index is 1240. The number of rotatable bonds is 5. The first-order chi connectivity index (χ1) is 15.8. The summed E-state index contributed by atoms with van der Waals surface area (Å²) in [7, 11) is 2.26. The number of aryl methyl sites for hydroxylation is 1. The zero-order valence-corrected chi connectivity index (χ0v) is 18.1. The number of carbonyl (C=O) groups is 2. The van der Waals surface area contributed by atoms with Gasteiger partial charge in [0.2, 0.25) is 0 Å². The molecule has 0 radical (unpaired) electrons. The summed E-state index contributed by atoms with van der Waals surface area (Å²) >= 11 is 0. The summed E-state index contributed by atoms with van der Waals surface area (Å²) in [5.74, 6) is -3.00. The van der Waals surface area contributed by atoms with E-state index >= 15 is 0 Å². The van der Waals surface area contributed by atoms with Gasteiger partial charge < -0.3 is 15.2 Å². The van der Waals surface area contributed by atoms with Crippen LogP contribution >= 0.6 is 0 Å². The van der Waals surface area contributed by atoms with Gasteiger partial charge >= 0.3 is 11.9 Å². The Morgan fingerprint density at radius 2 is 1.76 bits per heavy atom. The van der Waals surface area contributed by atoms with Gasteiger partial charge in [0.25, 0.3) is 5.69 Å². The van der Waals surface area contributed by atoms with Crippen LogP contribution in [0.3, 0.4) is 0 Å². The number of ether oxygens (including phenoxy) is 2. The number of nitrogens with zero attached hydrogens (tertiary/aromatic N) is 3. The quantitative estimate of drug-likeness (QED) is 0.414. The Labute approximate surface area is 189 Å². The molecule has 0 amide bonds. The van der Waals surface area contributed by atoms with Crippen molar-refractivity contribution in [3.05, 3.63) is 92.4 Å². The molecule has 0 spiro atoms. The van der Waals surface area contributed by atoms with Crippen molar-refractivity contribution in [1.82, 2.24) is 0 Å². The molecule has 2 aromatic carbocycles. The van der Waals surface area contributed by atoms with Gasteiger partial charge in [0, 0.05) is 11.6 Å². The molecule has 1 atom stereocenters. The molecule has 1 aliphatic rings. The molecule has 10 heteroatoms. The van der Waals surface area contributed by atoms with Crippen molar-refractivity contribution in [2.24, 2.45) is 5.73 Å². The fourth-order valence-electron chi connectivity index (χ4n) is 3.72. The van der Waals surface area contributed by atoms with Crippen LogP contribution in [0.5, 0.6) is 0 Å². The summed E-state index contributed by atoms with van der Waals surface area (Å²) in [6, 6.07) is 14.7. The summed E-state index contributed by atoms with van der Waals surface area (Å²) in [6.07, 6.45) is 0.